The molecule has 0 aliphatic rings. The summed E-state index contributed by atoms with van der Waals surface area (Å²) in [5.74, 6) is 0. The molecule has 0 bridgehead atoms. The number of anilines is 1. The number of halogens is 1. The minimum absolute atomic E-state index is 0. The molecular weight excluding hydrogens is 566 g/mol. The van der Waals surface area contributed by atoms with E-state index in [1.54, 1.807) is 30.7 Å². The number of nitrogens with one attached hydrogen (secondary N) is 1. The largest absolute Gasteiger partial charge is 0.279 e. The molecular formula is C24H19FN4O4PdS. The summed E-state index contributed by atoms with van der Waals surface area (Å²) < 4.78 is 28.1. The number of nitrogens with zero attached hydrogens (tertiary/aromatic N) is 3. The molecule has 5 rings (SSSR count). The number of non-ortho nitro benzene ring substituents is 1. The van der Waals surface area contributed by atoms with E-state index in [2.05, 4.69) is 14.7 Å². The smallest absolute Gasteiger partial charge is 0.269 e. The number of aromatic nitrogens is 2. The van der Waals surface area contributed by atoms with Crippen LogP contribution in [-0.2, 0) is 30.4 Å². The average Bonchev–Trinajstić information content (AvgIpc) is 2.85. The van der Waals surface area contributed by atoms with Crippen LogP contribution >= 0.6 is 0 Å². The maximum atomic E-state index is 12.8. The standard InChI is InChI=1S/C19H13N3O4S.C5H5N.FH.Pd/c23-22(24)15-8-10-16(11-9-15)27(25,26)21-17-5-1-3-13-6-7-14-4-2-12-20-19(14)18(13)17;1-2-4-6-5-3-1;;/h1-12,21H;1-5H;1H;. The van der Waals surface area contributed by atoms with Crippen LogP contribution in [0.4, 0.5) is 16.1 Å². The molecule has 0 radical (unpaired) electrons. The zero-order valence-electron chi connectivity index (χ0n) is 17.9. The molecule has 182 valence electrons. The molecule has 0 aliphatic heterocycles. The van der Waals surface area contributed by atoms with Gasteiger partial charge in [-0.15, -0.1) is 0 Å². The van der Waals surface area contributed by atoms with Crippen LogP contribution in [0.25, 0.3) is 21.7 Å². The number of hydrogen-bond donors (Lipinski definition) is 1. The second-order valence-corrected chi connectivity index (χ2v) is 8.61. The zero-order chi connectivity index (χ0) is 23.3. The summed E-state index contributed by atoms with van der Waals surface area (Å²) >= 11 is 0. The molecule has 0 amide bonds. The summed E-state index contributed by atoms with van der Waals surface area (Å²) in [6.45, 7) is 0. The number of benzene rings is 3. The Hall–Kier alpha value is -3.78. The summed E-state index contributed by atoms with van der Waals surface area (Å²) in [7, 11) is -3.92. The van der Waals surface area contributed by atoms with E-state index in [-0.39, 0.29) is 35.7 Å². The van der Waals surface area contributed by atoms with Crippen molar-refractivity contribution in [2.75, 3.05) is 4.72 Å². The summed E-state index contributed by atoms with van der Waals surface area (Å²) in [5, 5.41) is 13.2. The van der Waals surface area contributed by atoms with Crippen LogP contribution in [0, 0.1) is 10.1 Å². The first-order valence-corrected chi connectivity index (χ1v) is 11.3. The van der Waals surface area contributed by atoms with E-state index in [0.29, 0.717) is 16.6 Å². The Kier molecular flexibility index (Phi) is 9.48. The Labute approximate surface area is 214 Å². The molecule has 35 heavy (non-hydrogen) atoms. The number of rotatable bonds is 4. The SMILES string of the molecule is F.O=[N+]([O-])c1ccc(S(=O)(=O)Nc2cccc3ccc4cccnc4c23)cc1.[Pd].c1ccncc1. The predicted molar refractivity (Wildman–Crippen MR) is 130 cm³/mol. The number of fused-ring (bicyclic) bond motifs is 3. The van der Waals surface area contributed by atoms with Gasteiger partial charge in [0, 0.05) is 61.9 Å². The van der Waals surface area contributed by atoms with E-state index in [4.69, 9.17) is 0 Å². The van der Waals surface area contributed by atoms with Gasteiger partial charge in [0.2, 0.25) is 0 Å². The Morgan fingerprint density at radius 1 is 0.771 bits per heavy atom. The monoisotopic (exact) mass is 584 g/mol. The van der Waals surface area contributed by atoms with Crippen LogP contribution < -0.4 is 4.72 Å². The first kappa shape index (κ1) is 27.5. The van der Waals surface area contributed by atoms with Crippen molar-refractivity contribution in [2.45, 2.75) is 4.90 Å². The normalized spacial score (nSPS) is 10.3. The number of nitro benzene ring substituents is 1. The van der Waals surface area contributed by atoms with E-state index < -0.39 is 14.9 Å². The van der Waals surface area contributed by atoms with Gasteiger partial charge in [0.25, 0.3) is 15.7 Å². The van der Waals surface area contributed by atoms with Crippen molar-refractivity contribution in [1.82, 2.24) is 9.97 Å². The van der Waals surface area contributed by atoms with Crippen LogP contribution in [0.3, 0.4) is 0 Å². The predicted octanol–water partition coefficient (Wildman–Crippen LogP) is 5.33. The van der Waals surface area contributed by atoms with Crippen molar-refractivity contribution >= 4 is 43.1 Å². The fraction of sp³-hybridized carbons (Fsp3) is 0. The van der Waals surface area contributed by atoms with Gasteiger partial charge in [0.05, 0.1) is 21.0 Å². The second kappa shape index (κ2) is 12.1. The van der Waals surface area contributed by atoms with Gasteiger partial charge in [-0.1, -0.05) is 36.4 Å². The van der Waals surface area contributed by atoms with Crippen molar-refractivity contribution in [3.63, 3.8) is 0 Å². The third-order valence-corrected chi connectivity index (χ3v) is 6.16. The number of nitro groups is 1. The first-order valence-electron chi connectivity index (χ1n) is 9.84. The Morgan fingerprint density at radius 3 is 2.03 bits per heavy atom. The van der Waals surface area contributed by atoms with Gasteiger partial charge in [-0.25, -0.2) is 8.42 Å². The number of pyridine rings is 2. The molecule has 0 unspecified atom stereocenters. The summed E-state index contributed by atoms with van der Waals surface area (Å²) in [6.07, 6.45) is 5.16. The third-order valence-electron chi connectivity index (χ3n) is 4.78. The number of sulfonamides is 1. The summed E-state index contributed by atoms with van der Waals surface area (Å²) in [5.41, 5.74) is 0.918. The Balaban J connectivity index is 0.000000475. The topological polar surface area (TPSA) is 115 Å². The molecule has 5 aromatic rings. The van der Waals surface area contributed by atoms with Crippen LogP contribution in [0.1, 0.15) is 0 Å². The van der Waals surface area contributed by atoms with Gasteiger partial charge >= 0.3 is 0 Å². The van der Waals surface area contributed by atoms with E-state index in [1.165, 1.54) is 12.1 Å². The van der Waals surface area contributed by atoms with Crippen molar-refractivity contribution in [3.8, 4) is 0 Å². The van der Waals surface area contributed by atoms with Gasteiger partial charge in [0.15, 0.2) is 0 Å². The van der Waals surface area contributed by atoms with Crippen LogP contribution in [0.5, 0.6) is 0 Å². The van der Waals surface area contributed by atoms with Gasteiger partial charge in [-0.3, -0.25) is 29.5 Å². The molecule has 2 heterocycles. The van der Waals surface area contributed by atoms with E-state index in [1.807, 2.05) is 48.5 Å². The molecule has 3 aromatic carbocycles. The molecule has 0 aliphatic carbocycles. The minimum Gasteiger partial charge on any atom is -0.279 e. The molecule has 0 saturated carbocycles. The maximum absolute atomic E-state index is 12.8. The van der Waals surface area contributed by atoms with Crippen LogP contribution in [0.15, 0.2) is 108 Å². The fourth-order valence-electron chi connectivity index (χ4n) is 3.26. The first-order chi connectivity index (χ1) is 16.0. The molecule has 0 spiro atoms. The minimum atomic E-state index is -3.92. The summed E-state index contributed by atoms with van der Waals surface area (Å²) in [6, 6.07) is 23.3. The van der Waals surface area contributed by atoms with Crippen LogP contribution in [-0.4, -0.2) is 23.3 Å². The van der Waals surface area contributed by atoms with Crippen molar-refractivity contribution in [3.05, 3.63) is 114 Å². The van der Waals surface area contributed by atoms with Gasteiger partial charge in [-0.2, -0.15) is 0 Å². The van der Waals surface area contributed by atoms with E-state index >= 15 is 0 Å². The Morgan fingerprint density at radius 2 is 1.43 bits per heavy atom. The summed E-state index contributed by atoms with van der Waals surface area (Å²) in [4.78, 5) is 18.3. The van der Waals surface area contributed by atoms with Gasteiger partial charge in [0.1, 0.15) is 0 Å². The van der Waals surface area contributed by atoms with E-state index in [9.17, 15) is 18.5 Å². The van der Waals surface area contributed by atoms with Gasteiger partial charge in [-0.05, 0) is 41.8 Å². The fourth-order valence-corrected chi connectivity index (χ4v) is 4.33. The molecule has 11 heteroatoms. The quantitative estimate of drug-likeness (QED) is 0.132. The molecule has 0 atom stereocenters. The maximum Gasteiger partial charge on any atom is 0.269 e. The molecule has 1 N–H and O–H groups in total. The molecule has 8 nitrogen and oxygen atoms in total. The molecule has 2 aromatic heterocycles. The van der Waals surface area contributed by atoms with Crippen LogP contribution in [0.2, 0.25) is 0 Å². The van der Waals surface area contributed by atoms with E-state index in [0.717, 1.165) is 22.9 Å². The van der Waals surface area contributed by atoms with Crippen molar-refractivity contribution in [1.29, 1.82) is 0 Å². The number of hydrogen-bond acceptors (Lipinski definition) is 6. The molecule has 0 fully saturated rings. The average molecular weight is 585 g/mol. The van der Waals surface area contributed by atoms with Crippen molar-refractivity contribution in [2.24, 2.45) is 0 Å². The zero-order valence-corrected chi connectivity index (χ0v) is 20.3. The Bertz CT molecular complexity index is 1510. The second-order valence-electron chi connectivity index (χ2n) is 6.93. The molecule has 0 saturated heterocycles. The third kappa shape index (κ3) is 6.42. The van der Waals surface area contributed by atoms with Crippen molar-refractivity contribution < 1.29 is 38.5 Å². The van der Waals surface area contributed by atoms with Gasteiger partial charge < -0.3 is 0 Å².